The number of hydrogen-bond donors (Lipinski definition) is 3. The smallest absolute Gasteiger partial charge is 0.408 e. The molecule has 0 bridgehead atoms. The molecule has 0 aromatic heterocycles. The molecule has 0 radical (unpaired) electrons. The van der Waals surface area contributed by atoms with E-state index in [0.717, 1.165) is 10.5 Å². The summed E-state index contributed by atoms with van der Waals surface area (Å²) < 4.78 is 5.35. The highest BCUT2D eigenvalue weighted by Gasteiger charge is 2.38. The molecule has 3 atom stereocenters. The van der Waals surface area contributed by atoms with Crippen molar-refractivity contribution in [3.8, 4) is 18.2 Å². The van der Waals surface area contributed by atoms with Gasteiger partial charge in [0.15, 0.2) is 6.04 Å². The van der Waals surface area contributed by atoms with Gasteiger partial charge in [0, 0.05) is 18.2 Å². The zero-order valence-corrected chi connectivity index (χ0v) is 22.4. The fourth-order valence-electron chi connectivity index (χ4n) is 3.71. The Balaban J connectivity index is 2.47. The van der Waals surface area contributed by atoms with Gasteiger partial charge >= 0.3 is 6.09 Å². The Hall–Kier alpha value is -3.99. The van der Waals surface area contributed by atoms with Crippen molar-refractivity contribution in [2.24, 2.45) is 5.92 Å². The van der Waals surface area contributed by atoms with Gasteiger partial charge in [-0.2, -0.15) is 0 Å². The highest BCUT2D eigenvalue weighted by Crippen LogP contribution is 2.32. The second kappa shape index (κ2) is 12.8. The highest BCUT2D eigenvalue weighted by atomic mass is 16.6. The summed E-state index contributed by atoms with van der Waals surface area (Å²) in [5.74, 6) is -1.70. The average Bonchev–Trinajstić information content (AvgIpc) is 2.85. The van der Waals surface area contributed by atoms with Gasteiger partial charge in [0.05, 0.1) is 0 Å². The molecule has 8 heteroatoms. The van der Waals surface area contributed by atoms with Crippen LogP contribution in [-0.4, -0.2) is 39.6 Å². The first-order chi connectivity index (χ1) is 17.4. The number of nitrogens with zero attached hydrogens (tertiary/aromatic N) is 1. The number of aromatic hydroxyl groups is 1. The van der Waals surface area contributed by atoms with Gasteiger partial charge in [0.1, 0.15) is 17.4 Å². The molecular weight excluding hydrogens is 470 g/mol. The lowest BCUT2D eigenvalue weighted by Gasteiger charge is -2.32. The molecule has 2 rings (SSSR count). The maximum absolute atomic E-state index is 13.8. The summed E-state index contributed by atoms with van der Waals surface area (Å²) in [7, 11) is 0. The molecule has 3 N–H and O–H groups in total. The number of benzene rings is 2. The highest BCUT2D eigenvalue weighted by molar-refractivity contribution is 5.93. The molecule has 0 heterocycles. The molecule has 0 aliphatic carbocycles. The van der Waals surface area contributed by atoms with Crippen LogP contribution in [0, 0.1) is 25.3 Å². The fourth-order valence-corrected chi connectivity index (χ4v) is 3.71. The minimum atomic E-state index is -1.34. The maximum Gasteiger partial charge on any atom is 0.408 e. The van der Waals surface area contributed by atoms with Crippen molar-refractivity contribution >= 4 is 17.9 Å². The minimum absolute atomic E-state index is 0.143. The molecule has 2 aromatic carbocycles. The maximum atomic E-state index is 13.8. The summed E-state index contributed by atoms with van der Waals surface area (Å²) in [5, 5.41) is 16.3. The summed E-state index contributed by atoms with van der Waals surface area (Å²) in [5.41, 5.74) is 0.780. The number of terminal acetylenes is 1. The lowest BCUT2D eigenvalue weighted by Crippen LogP contribution is -2.53. The Labute approximate surface area is 219 Å². The average molecular weight is 508 g/mol. The zero-order valence-electron chi connectivity index (χ0n) is 22.4. The lowest BCUT2D eigenvalue weighted by atomic mass is 9.95. The summed E-state index contributed by atoms with van der Waals surface area (Å²) >= 11 is 0. The number of carbonyl (C=O) groups is 3. The number of aryl methyl sites for hydroxylation is 1. The SMILES string of the molecule is C#CN(C(=O)C(NC(=O)OC(C)(C)C)C(C)CC)C(C(=O)NCc1ccccc1)c1cccc(C)c1O. The third-order valence-electron chi connectivity index (χ3n) is 5.91. The third kappa shape index (κ3) is 8.01. The second-order valence-electron chi connectivity index (χ2n) is 9.97. The zero-order chi connectivity index (χ0) is 27.8. The van der Waals surface area contributed by atoms with Crippen LogP contribution in [0.25, 0.3) is 0 Å². The number of amides is 3. The van der Waals surface area contributed by atoms with Gasteiger partial charge in [-0.1, -0.05) is 75.2 Å². The molecule has 0 saturated carbocycles. The van der Waals surface area contributed by atoms with Gasteiger partial charge in [0.25, 0.3) is 5.91 Å². The fraction of sp³-hybridized carbons (Fsp3) is 0.414. The van der Waals surface area contributed by atoms with Crippen LogP contribution >= 0.6 is 0 Å². The van der Waals surface area contributed by atoms with E-state index in [2.05, 4.69) is 16.7 Å². The van der Waals surface area contributed by atoms with E-state index >= 15 is 0 Å². The number of nitrogens with one attached hydrogen (secondary N) is 2. The van der Waals surface area contributed by atoms with Crippen LogP contribution in [0.4, 0.5) is 4.79 Å². The number of ether oxygens (including phenoxy) is 1. The van der Waals surface area contributed by atoms with E-state index in [9.17, 15) is 19.5 Å². The Morgan fingerprint density at radius 3 is 2.32 bits per heavy atom. The number of carbonyl (C=O) groups excluding carboxylic acids is 3. The van der Waals surface area contributed by atoms with Gasteiger partial charge in [0.2, 0.25) is 5.91 Å². The van der Waals surface area contributed by atoms with Crippen molar-refractivity contribution in [3.63, 3.8) is 0 Å². The third-order valence-corrected chi connectivity index (χ3v) is 5.91. The van der Waals surface area contributed by atoms with Crippen molar-refractivity contribution in [2.45, 2.75) is 72.2 Å². The minimum Gasteiger partial charge on any atom is -0.507 e. The van der Waals surface area contributed by atoms with Crippen molar-refractivity contribution in [3.05, 3.63) is 65.2 Å². The molecule has 3 amide bonds. The standard InChI is InChI=1S/C29H37N3O5/c1-8-19(3)23(31-28(36)37-29(5,6)7)27(35)32(9-2)24(22-17-13-14-20(4)25(22)33)26(34)30-18-21-15-11-10-12-16-21/h2,10-17,19,23-24,33H,8,18H2,1,3-7H3,(H,30,34)(H,31,36). The van der Waals surface area contributed by atoms with Gasteiger partial charge in [-0.05, 0) is 44.7 Å². The van der Waals surface area contributed by atoms with Crippen LogP contribution in [0.15, 0.2) is 48.5 Å². The van der Waals surface area contributed by atoms with E-state index in [0.29, 0.717) is 12.0 Å². The summed E-state index contributed by atoms with van der Waals surface area (Å²) in [4.78, 5) is 40.8. The van der Waals surface area contributed by atoms with Crippen molar-refractivity contribution < 1.29 is 24.2 Å². The number of rotatable bonds is 9. The second-order valence-corrected chi connectivity index (χ2v) is 9.97. The van der Waals surface area contributed by atoms with Crippen LogP contribution in [0.3, 0.4) is 0 Å². The van der Waals surface area contributed by atoms with E-state index in [-0.39, 0.29) is 23.8 Å². The Kier molecular flexibility index (Phi) is 10.1. The molecule has 0 saturated heterocycles. The summed E-state index contributed by atoms with van der Waals surface area (Å²) in [6.07, 6.45) is 5.58. The van der Waals surface area contributed by atoms with Crippen LogP contribution in [0.1, 0.15) is 63.8 Å². The van der Waals surface area contributed by atoms with Gasteiger partial charge < -0.3 is 20.5 Å². The monoisotopic (exact) mass is 507 g/mol. The van der Waals surface area contributed by atoms with E-state index < -0.39 is 35.6 Å². The quantitative estimate of drug-likeness (QED) is 0.344. The largest absolute Gasteiger partial charge is 0.507 e. The number of phenols is 1. The number of alkyl carbamates (subject to hydrolysis) is 1. The van der Waals surface area contributed by atoms with E-state index in [4.69, 9.17) is 11.2 Å². The molecule has 0 spiro atoms. The molecule has 37 heavy (non-hydrogen) atoms. The van der Waals surface area contributed by atoms with Gasteiger partial charge in [-0.25, -0.2) is 4.79 Å². The number of phenolic OH excluding ortho intramolecular Hbond substituents is 1. The first-order valence-electron chi connectivity index (χ1n) is 12.3. The molecule has 0 aliphatic rings. The van der Waals surface area contributed by atoms with Crippen LogP contribution in [0.5, 0.6) is 5.75 Å². The molecule has 3 unspecified atom stereocenters. The summed E-state index contributed by atoms with van der Waals surface area (Å²) in [6, 6.07) is 14.1. The van der Waals surface area contributed by atoms with E-state index in [1.54, 1.807) is 52.8 Å². The lowest BCUT2D eigenvalue weighted by molar-refractivity contribution is -0.139. The molecule has 0 fully saturated rings. The van der Waals surface area contributed by atoms with E-state index in [1.165, 1.54) is 0 Å². The van der Waals surface area contributed by atoms with Crippen molar-refractivity contribution in [1.82, 2.24) is 15.5 Å². The van der Waals surface area contributed by atoms with E-state index in [1.807, 2.05) is 37.3 Å². The Morgan fingerprint density at radius 2 is 1.76 bits per heavy atom. The van der Waals surface area contributed by atoms with Crippen molar-refractivity contribution in [1.29, 1.82) is 0 Å². The predicted octanol–water partition coefficient (Wildman–Crippen LogP) is 4.42. The summed E-state index contributed by atoms with van der Waals surface area (Å²) in [6.45, 7) is 10.7. The normalized spacial score (nSPS) is 13.4. The molecule has 198 valence electrons. The molecule has 8 nitrogen and oxygen atoms in total. The van der Waals surface area contributed by atoms with Gasteiger partial charge in [-0.15, -0.1) is 0 Å². The molecular formula is C29H37N3O5. The predicted molar refractivity (Wildman–Crippen MR) is 142 cm³/mol. The van der Waals surface area contributed by atoms with Crippen LogP contribution < -0.4 is 10.6 Å². The first-order valence-corrected chi connectivity index (χ1v) is 12.3. The number of para-hydroxylation sites is 1. The topological polar surface area (TPSA) is 108 Å². The van der Waals surface area contributed by atoms with Gasteiger partial charge in [-0.3, -0.25) is 14.5 Å². The van der Waals surface area contributed by atoms with Crippen LogP contribution in [0.2, 0.25) is 0 Å². The van der Waals surface area contributed by atoms with Crippen molar-refractivity contribution in [2.75, 3.05) is 0 Å². The molecule has 2 aromatic rings. The Bertz CT molecular complexity index is 1130. The van der Waals surface area contributed by atoms with Crippen LogP contribution in [-0.2, 0) is 20.9 Å². The molecule has 0 aliphatic heterocycles. The first kappa shape index (κ1) is 29.2. The number of hydrogen-bond acceptors (Lipinski definition) is 5. The Morgan fingerprint density at radius 1 is 1.11 bits per heavy atom.